The molecule has 0 spiro atoms. The van der Waals surface area contributed by atoms with Crippen LogP contribution in [0, 0.1) is 6.92 Å². The second kappa shape index (κ2) is 5.25. The fourth-order valence-corrected chi connectivity index (χ4v) is 2.84. The Morgan fingerprint density at radius 1 is 1.41 bits per heavy atom. The molecule has 1 aliphatic rings. The number of aromatic nitrogens is 1. The maximum absolute atomic E-state index is 11.2. The Morgan fingerprint density at radius 2 is 2.18 bits per heavy atom. The number of hydrogen-bond donors (Lipinski definition) is 1. The number of aliphatic hydroxyl groups excluding tert-OH is 1. The fraction of sp³-hybridized carbons (Fsp3) is 0.412. The Kier molecular flexibility index (Phi) is 3.53. The van der Waals surface area contributed by atoms with Crippen molar-refractivity contribution in [1.29, 1.82) is 0 Å². The molecule has 2 aromatic rings. The molecule has 116 valence electrons. The molecule has 2 heterocycles. The molecule has 5 heteroatoms. The quantitative estimate of drug-likeness (QED) is 0.881. The van der Waals surface area contributed by atoms with Crippen molar-refractivity contribution < 1.29 is 14.6 Å². The predicted molar refractivity (Wildman–Crippen MR) is 85.7 cm³/mol. The van der Waals surface area contributed by atoms with Gasteiger partial charge in [-0.15, -0.1) is 0 Å². The van der Waals surface area contributed by atoms with Crippen molar-refractivity contribution in [2.24, 2.45) is 4.99 Å². The number of aryl methyl sites for hydroxylation is 1. The Morgan fingerprint density at radius 3 is 2.77 bits per heavy atom. The molecule has 3 rings (SSSR count). The SMILES string of the molecule is Cc1cc2cc(C=O)n(CCO)c2cc1C1=NC(C)(C)CO1. The average molecular weight is 300 g/mol. The van der Waals surface area contributed by atoms with E-state index in [-0.39, 0.29) is 12.1 Å². The molecule has 5 nitrogen and oxygen atoms in total. The lowest BCUT2D eigenvalue weighted by atomic mass is 10.1. The maximum Gasteiger partial charge on any atom is 0.217 e. The second-order valence-corrected chi connectivity index (χ2v) is 6.31. The third-order valence-electron chi connectivity index (χ3n) is 3.92. The first kappa shape index (κ1) is 14.8. The number of aliphatic imine (C=N–C) groups is 1. The molecule has 0 atom stereocenters. The van der Waals surface area contributed by atoms with Crippen LogP contribution in [-0.2, 0) is 11.3 Å². The van der Waals surface area contributed by atoms with E-state index in [1.54, 1.807) is 0 Å². The van der Waals surface area contributed by atoms with Crippen molar-refractivity contribution in [3.8, 4) is 0 Å². The Balaban J connectivity index is 2.18. The highest BCUT2D eigenvalue weighted by Gasteiger charge is 2.28. The van der Waals surface area contributed by atoms with Gasteiger partial charge in [0.2, 0.25) is 5.90 Å². The van der Waals surface area contributed by atoms with Gasteiger partial charge in [0.1, 0.15) is 6.61 Å². The number of benzene rings is 1. The Hall–Kier alpha value is -2.14. The number of aldehydes is 1. The minimum atomic E-state index is -0.211. The summed E-state index contributed by atoms with van der Waals surface area (Å²) in [6.45, 7) is 7.02. The number of carbonyl (C=O) groups is 1. The van der Waals surface area contributed by atoms with E-state index in [9.17, 15) is 9.90 Å². The average Bonchev–Trinajstić information content (AvgIpc) is 2.98. The molecule has 0 unspecified atom stereocenters. The normalized spacial score (nSPS) is 16.6. The molecule has 0 amide bonds. The van der Waals surface area contributed by atoms with Crippen molar-refractivity contribution in [2.75, 3.05) is 13.2 Å². The monoisotopic (exact) mass is 300 g/mol. The van der Waals surface area contributed by atoms with Gasteiger partial charge in [0, 0.05) is 23.0 Å². The smallest absolute Gasteiger partial charge is 0.217 e. The van der Waals surface area contributed by atoms with Crippen molar-refractivity contribution in [1.82, 2.24) is 4.57 Å². The van der Waals surface area contributed by atoms with Crippen LogP contribution in [0.5, 0.6) is 0 Å². The first-order valence-electron chi connectivity index (χ1n) is 7.38. The number of nitrogens with zero attached hydrogens (tertiary/aromatic N) is 2. The highest BCUT2D eigenvalue weighted by Crippen LogP contribution is 2.27. The van der Waals surface area contributed by atoms with E-state index < -0.39 is 0 Å². The summed E-state index contributed by atoms with van der Waals surface area (Å²) < 4.78 is 7.56. The zero-order valence-corrected chi connectivity index (χ0v) is 13.1. The molecular weight excluding hydrogens is 280 g/mol. The molecule has 0 saturated carbocycles. The summed E-state index contributed by atoms with van der Waals surface area (Å²) >= 11 is 0. The standard InChI is InChI=1S/C17H20N2O3/c1-11-6-12-7-13(9-21)19(4-5-20)15(12)8-14(11)16-18-17(2,3)10-22-16/h6-9,20H,4-5,10H2,1-3H3. The molecule has 22 heavy (non-hydrogen) atoms. The molecular formula is C17H20N2O3. The van der Waals surface area contributed by atoms with Crippen LogP contribution >= 0.6 is 0 Å². The zero-order chi connectivity index (χ0) is 15.9. The lowest BCUT2D eigenvalue weighted by molar-refractivity contribution is 0.111. The highest BCUT2D eigenvalue weighted by atomic mass is 16.5. The van der Waals surface area contributed by atoms with E-state index in [1.165, 1.54) is 0 Å². The molecule has 1 aromatic carbocycles. The zero-order valence-electron chi connectivity index (χ0n) is 13.1. The number of hydrogen-bond acceptors (Lipinski definition) is 4. The number of carbonyl (C=O) groups excluding carboxylic acids is 1. The molecule has 1 aromatic heterocycles. The summed E-state index contributed by atoms with van der Waals surface area (Å²) in [6.07, 6.45) is 0.817. The van der Waals surface area contributed by atoms with E-state index in [1.807, 2.05) is 43.5 Å². The first-order valence-corrected chi connectivity index (χ1v) is 7.38. The highest BCUT2D eigenvalue weighted by molar-refractivity contribution is 6.01. The summed E-state index contributed by atoms with van der Waals surface area (Å²) in [6, 6.07) is 5.87. The van der Waals surface area contributed by atoms with Gasteiger partial charge in [-0.2, -0.15) is 0 Å². The van der Waals surface area contributed by atoms with Crippen molar-refractivity contribution in [3.63, 3.8) is 0 Å². The van der Waals surface area contributed by atoms with Gasteiger partial charge in [-0.25, -0.2) is 4.99 Å². The topological polar surface area (TPSA) is 63.8 Å². The third kappa shape index (κ3) is 2.41. The first-order chi connectivity index (χ1) is 10.4. The van der Waals surface area contributed by atoms with E-state index in [0.29, 0.717) is 24.7 Å². The van der Waals surface area contributed by atoms with Crippen LogP contribution in [0.2, 0.25) is 0 Å². The van der Waals surface area contributed by atoms with Gasteiger partial charge in [-0.1, -0.05) is 0 Å². The number of aliphatic hydroxyl groups is 1. The van der Waals surface area contributed by atoms with Gasteiger partial charge in [0.25, 0.3) is 0 Å². The van der Waals surface area contributed by atoms with Gasteiger partial charge in [-0.3, -0.25) is 4.79 Å². The molecule has 0 fully saturated rings. The van der Waals surface area contributed by atoms with Crippen molar-refractivity contribution >= 4 is 23.1 Å². The van der Waals surface area contributed by atoms with Gasteiger partial charge in [0.15, 0.2) is 6.29 Å². The summed E-state index contributed by atoms with van der Waals surface area (Å²) in [5.41, 5.74) is 3.26. The Labute approximate surface area is 129 Å². The van der Waals surface area contributed by atoms with Crippen LogP contribution in [0.3, 0.4) is 0 Å². The molecule has 0 saturated heterocycles. The third-order valence-corrected chi connectivity index (χ3v) is 3.92. The van der Waals surface area contributed by atoms with Gasteiger partial charge in [0.05, 0.1) is 17.8 Å². The van der Waals surface area contributed by atoms with E-state index in [4.69, 9.17) is 4.74 Å². The fourth-order valence-electron chi connectivity index (χ4n) is 2.84. The van der Waals surface area contributed by atoms with Gasteiger partial charge >= 0.3 is 0 Å². The minimum Gasteiger partial charge on any atom is -0.475 e. The van der Waals surface area contributed by atoms with Gasteiger partial charge < -0.3 is 14.4 Å². The van der Waals surface area contributed by atoms with E-state index in [2.05, 4.69) is 4.99 Å². The molecule has 1 aliphatic heterocycles. The number of fused-ring (bicyclic) bond motifs is 1. The van der Waals surface area contributed by atoms with Crippen LogP contribution in [0.25, 0.3) is 10.9 Å². The van der Waals surface area contributed by atoms with Crippen LogP contribution in [0.15, 0.2) is 23.2 Å². The van der Waals surface area contributed by atoms with E-state index in [0.717, 1.165) is 28.3 Å². The summed E-state index contributed by atoms with van der Waals surface area (Å²) in [5.74, 6) is 0.647. The van der Waals surface area contributed by atoms with Crippen LogP contribution < -0.4 is 0 Å². The van der Waals surface area contributed by atoms with Crippen LogP contribution in [0.4, 0.5) is 0 Å². The van der Waals surface area contributed by atoms with E-state index >= 15 is 0 Å². The molecule has 0 radical (unpaired) electrons. The van der Waals surface area contributed by atoms with Crippen molar-refractivity contribution in [3.05, 3.63) is 35.0 Å². The van der Waals surface area contributed by atoms with Gasteiger partial charge in [-0.05, 0) is 44.5 Å². The number of ether oxygens (including phenoxy) is 1. The van der Waals surface area contributed by atoms with Crippen LogP contribution in [0.1, 0.15) is 35.5 Å². The second-order valence-electron chi connectivity index (χ2n) is 6.31. The summed E-state index contributed by atoms with van der Waals surface area (Å²) in [7, 11) is 0. The molecule has 1 N–H and O–H groups in total. The molecule has 0 aliphatic carbocycles. The largest absolute Gasteiger partial charge is 0.475 e. The summed E-state index contributed by atoms with van der Waals surface area (Å²) in [4.78, 5) is 15.9. The lowest BCUT2D eigenvalue weighted by Crippen LogP contribution is -2.17. The predicted octanol–water partition coefficient (Wildman–Crippen LogP) is 2.31. The Bertz CT molecular complexity index is 772. The summed E-state index contributed by atoms with van der Waals surface area (Å²) in [5, 5.41) is 10.2. The maximum atomic E-state index is 11.2. The van der Waals surface area contributed by atoms with Crippen molar-refractivity contribution in [2.45, 2.75) is 32.9 Å². The number of rotatable bonds is 4. The van der Waals surface area contributed by atoms with Crippen LogP contribution in [-0.4, -0.2) is 40.6 Å². The minimum absolute atomic E-state index is 0.0156. The molecule has 0 bridgehead atoms. The lowest BCUT2D eigenvalue weighted by Gasteiger charge is -2.09.